The van der Waals surface area contributed by atoms with Gasteiger partial charge in [-0.05, 0) is 78.4 Å². The van der Waals surface area contributed by atoms with Gasteiger partial charge in [-0.15, -0.1) is 0 Å². The topological polar surface area (TPSA) is 111 Å². The lowest BCUT2D eigenvalue weighted by Gasteiger charge is -2.17. The van der Waals surface area contributed by atoms with Crippen LogP contribution < -0.4 is 10.6 Å². The van der Waals surface area contributed by atoms with Crippen molar-refractivity contribution in [1.82, 2.24) is 5.32 Å². The van der Waals surface area contributed by atoms with Gasteiger partial charge >= 0.3 is 12.1 Å². The predicted octanol–water partition coefficient (Wildman–Crippen LogP) is 6.12. The first-order valence-electron chi connectivity index (χ1n) is 13.7. The summed E-state index contributed by atoms with van der Waals surface area (Å²) in [4.78, 5) is 48.0. The van der Waals surface area contributed by atoms with Crippen molar-refractivity contribution in [3.63, 3.8) is 0 Å². The molecule has 0 heterocycles. The second-order valence-electron chi connectivity index (χ2n) is 10.8. The summed E-state index contributed by atoms with van der Waals surface area (Å²) < 4.78 is 10.8. The number of hydrogen-bond donors (Lipinski definition) is 2. The molecule has 42 heavy (non-hydrogen) atoms. The first-order chi connectivity index (χ1) is 20.1. The average molecular weight is 567 g/mol. The van der Waals surface area contributed by atoms with Gasteiger partial charge in [0, 0.05) is 30.6 Å². The number of fused-ring (bicyclic) bond motifs is 3. The third-order valence-electron chi connectivity index (χ3n) is 6.49. The normalized spacial score (nSPS) is 12.5. The molecule has 0 atom stereocenters. The molecule has 2 N–H and O–H groups in total. The van der Waals surface area contributed by atoms with Gasteiger partial charge in [-0.3, -0.25) is 9.59 Å². The Bertz CT molecular complexity index is 1490. The summed E-state index contributed by atoms with van der Waals surface area (Å²) >= 11 is 0. The number of rotatable bonds is 10. The van der Waals surface area contributed by atoms with E-state index in [1.807, 2.05) is 36.4 Å². The molecule has 0 spiro atoms. The maximum Gasteiger partial charge on any atom is 0.407 e. The van der Waals surface area contributed by atoms with Crippen molar-refractivity contribution >= 4 is 42.1 Å². The van der Waals surface area contributed by atoms with Crippen LogP contribution in [0.15, 0.2) is 78.9 Å². The van der Waals surface area contributed by atoms with E-state index in [2.05, 4.69) is 22.8 Å². The number of alkyl carbamates (subject to hydrolysis) is 1. The van der Waals surface area contributed by atoms with Crippen LogP contribution in [-0.2, 0) is 23.9 Å². The molecule has 0 aliphatic heterocycles. The molecule has 2 amide bonds. The Labute approximate surface area is 245 Å². The molecule has 0 fully saturated rings. The number of carbonyl (C=O) groups is 4. The summed E-state index contributed by atoms with van der Waals surface area (Å²) in [5.41, 5.74) is 5.62. The van der Waals surface area contributed by atoms with Crippen molar-refractivity contribution in [2.75, 3.05) is 18.5 Å². The lowest BCUT2D eigenvalue weighted by Crippen LogP contribution is -2.29. The van der Waals surface area contributed by atoms with Crippen LogP contribution in [0.25, 0.3) is 23.3 Å². The van der Waals surface area contributed by atoms with Crippen LogP contribution in [0.1, 0.15) is 55.4 Å². The van der Waals surface area contributed by atoms with Gasteiger partial charge in [0.05, 0.1) is 0 Å². The van der Waals surface area contributed by atoms with E-state index >= 15 is 0 Å². The molecule has 1 aliphatic carbocycles. The molecule has 3 aromatic carbocycles. The third kappa shape index (κ3) is 8.04. The van der Waals surface area contributed by atoms with E-state index in [1.54, 1.807) is 51.1 Å². The Morgan fingerprint density at radius 1 is 0.905 bits per heavy atom. The minimum Gasteiger partial charge on any atom is -0.457 e. The van der Waals surface area contributed by atoms with Gasteiger partial charge in [-0.2, -0.15) is 0 Å². The summed E-state index contributed by atoms with van der Waals surface area (Å²) in [6.45, 7) is 5.59. The molecular formula is C34H34N2O6. The second kappa shape index (κ2) is 13.6. The Morgan fingerprint density at radius 3 is 2.21 bits per heavy atom. The zero-order valence-corrected chi connectivity index (χ0v) is 23.9. The van der Waals surface area contributed by atoms with Crippen LogP contribution in [0.5, 0.6) is 0 Å². The number of esters is 1. The van der Waals surface area contributed by atoms with E-state index in [1.165, 1.54) is 12.2 Å². The number of allylic oxidation sites excluding steroid dienone is 1. The number of ether oxygens (including phenoxy) is 2. The number of benzene rings is 3. The minimum atomic E-state index is -0.613. The molecule has 1 aliphatic rings. The first kappa shape index (κ1) is 30.0. The van der Waals surface area contributed by atoms with Crippen molar-refractivity contribution < 1.29 is 28.7 Å². The van der Waals surface area contributed by atoms with Crippen LogP contribution in [0.4, 0.5) is 10.5 Å². The number of hydrogen-bond acceptors (Lipinski definition) is 6. The molecule has 0 radical (unpaired) electrons. The van der Waals surface area contributed by atoms with E-state index in [-0.39, 0.29) is 31.4 Å². The van der Waals surface area contributed by atoms with Gasteiger partial charge in [0.15, 0.2) is 0 Å². The lowest BCUT2D eigenvalue weighted by atomic mass is 9.98. The number of nitrogens with one attached hydrogen (secondary N) is 2. The Hall–Kier alpha value is -4.98. The van der Waals surface area contributed by atoms with Crippen molar-refractivity contribution in [1.29, 1.82) is 0 Å². The molecule has 8 heteroatoms. The van der Waals surface area contributed by atoms with E-state index in [4.69, 9.17) is 9.47 Å². The summed E-state index contributed by atoms with van der Waals surface area (Å²) in [6, 6.07) is 21.3. The molecule has 0 aromatic heterocycles. The summed E-state index contributed by atoms with van der Waals surface area (Å²) in [7, 11) is 0. The maximum atomic E-state index is 12.7. The van der Waals surface area contributed by atoms with E-state index in [9.17, 15) is 19.2 Å². The molecule has 0 unspecified atom stereocenters. The Morgan fingerprint density at radius 2 is 1.57 bits per heavy atom. The van der Waals surface area contributed by atoms with Gasteiger partial charge in [-0.25, -0.2) is 9.59 Å². The quantitative estimate of drug-likeness (QED) is 0.174. The molecule has 8 nitrogen and oxygen atoms in total. The highest BCUT2D eigenvalue weighted by Crippen LogP contribution is 2.44. The fraction of sp³-hybridized carbons (Fsp3) is 0.235. The van der Waals surface area contributed by atoms with Crippen molar-refractivity contribution in [2.45, 2.75) is 38.7 Å². The molecule has 0 saturated heterocycles. The molecule has 4 rings (SSSR count). The second-order valence-corrected chi connectivity index (χ2v) is 10.8. The predicted molar refractivity (Wildman–Crippen MR) is 163 cm³/mol. The molecular weight excluding hydrogens is 532 g/mol. The summed E-state index contributed by atoms with van der Waals surface area (Å²) in [6.07, 6.45) is 5.81. The van der Waals surface area contributed by atoms with Crippen molar-refractivity contribution in [3.8, 4) is 11.1 Å². The number of amides is 2. The van der Waals surface area contributed by atoms with E-state index in [0.717, 1.165) is 22.3 Å². The van der Waals surface area contributed by atoms with Gasteiger partial charge < -0.3 is 20.1 Å². The number of anilines is 1. The molecule has 0 bridgehead atoms. The fourth-order valence-electron chi connectivity index (χ4n) is 4.71. The van der Waals surface area contributed by atoms with Crippen LogP contribution in [-0.4, -0.2) is 43.0 Å². The third-order valence-corrected chi connectivity index (χ3v) is 6.49. The number of aldehydes is 1. The standard InChI is InChI=1S/C34H34N2O6/c1-34(2,3)42-32(39)17-15-23-14-16-24(9-8-20-37)30(21-23)36-31(38)18-19-35-33(40)41-22-29-27-12-6-4-10-25(27)26-11-5-7-13-28(26)29/h4-17,20-21,29H,18-19,22H2,1-3H3,(H,35,40)(H,36,38)/b9-8+,17-15+. The smallest absolute Gasteiger partial charge is 0.407 e. The monoisotopic (exact) mass is 566 g/mol. The number of carbonyl (C=O) groups excluding carboxylic acids is 4. The van der Waals surface area contributed by atoms with Crippen LogP contribution in [0.3, 0.4) is 0 Å². The molecule has 216 valence electrons. The van der Waals surface area contributed by atoms with Crippen LogP contribution >= 0.6 is 0 Å². The highest BCUT2D eigenvalue weighted by Gasteiger charge is 2.29. The van der Waals surface area contributed by atoms with Gasteiger partial charge in [-0.1, -0.05) is 60.7 Å². The van der Waals surface area contributed by atoms with Gasteiger partial charge in [0.25, 0.3) is 0 Å². The highest BCUT2D eigenvalue weighted by atomic mass is 16.6. The Balaban J connectivity index is 1.31. The first-order valence-corrected chi connectivity index (χ1v) is 13.7. The zero-order valence-electron chi connectivity index (χ0n) is 23.9. The zero-order chi connectivity index (χ0) is 30.1. The van der Waals surface area contributed by atoms with Crippen molar-refractivity contribution in [3.05, 3.63) is 101 Å². The summed E-state index contributed by atoms with van der Waals surface area (Å²) in [5, 5.41) is 5.45. The molecule has 0 saturated carbocycles. The molecule has 3 aromatic rings. The van der Waals surface area contributed by atoms with Crippen molar-refractivity contribution in [2.24, 2.45) is 0 Å². The SMILES string of the molecule is CC(C)(C)OC(=O)/C=C/c1ccc(/C=C/C=O)c(NC(=O)CCNC(=O)OCC2c3ccccc3-c3ccccc32)c1. The minimum absolute atomic E-state index is 0.000986. The largest absolute Gasteiger partial charge is 0.457 e. The fourth-order valence-corrected chi connectivity index (χ4v) is 4.71. The van der Waals surface area contributed by atoms with Crippen LogP contribution in [0, 0.1) is 0 Å². The van der Waals surface area contributed by atoms with Gasteiger partial charge in [0.2, 0.25) is 5.91 Å². The average Bonchev–Trinajstić information content (AvgIpc) is 3.27. The van der Waals surface area contributed by atoms with Gasteiger partial charge in [0.1, 0.15) is 18.5 Å². The summed E-state index contributed by atoms with van der Waals surface area (Å²) in [5.74, 6) is -0.888. The Kier molecular flexibility index (Phi) is 9.70. The highest BCUT2D eigenvalue weighted by molar-refractivity contribution is 5.95. The maximum absolute atomic E-state index is 12.7. The lowest BCUT2D eigenvalue weighted by molar-refractivity contribution is -0.148. The van der Waals surface area contributed by atoms with E-state index in [0.29, 0.717) is 23.1 Å². The van der Waals surface area contributed by atoms with Crippen LogP contribution in [0.2, 0.25) is 0 Å². The van der Waals surface area contributed by atoms with E-state index < -0.39 is 17.7 Å².